The maximum absolute atomic E-state index is 13.2. The lowest BCUT2D eigenvalue weighted by molar-refractivity contribution is 0.0783. The zero-order chi connectivity index (χ0) is 26.2. The maximum Gasteiger partial charge on any atom is 0.255 e. The van der Waals surface area contributed by atoms with Crippen LogP contribution >= 0.6 is 0 Å². The first-order valence-corrected chi connectivity index (χ1v) is 12.8. The van der Waals surface area contributed by atoms with Crippen LogP contribution in [0.2, 0.25) is 0 Å². The van der Waals surface area contributed by atoms with E-state index < -0.39 is 0 Å². The van der Waals surface area contributed by atoms with E-state index in [-0.39, 0.29) is 23.7 Å². The van der Waals surface area contributed by atoms with Gasteiger partial charge in [0.25, 0.3) is 11.8 Å². The maximum atomic E-state index is 13.2. The first-order valence-electron chi connectivity index (χ1n) is 12.8. The topological polar surface area (TPSA) is 118 Å². The number of nitrogen functional groups attached to an aromatic ring is 1. The van der Waals surface area contributed by atoms with Crippen molar-refractivity contribution < 1.29 is 9.59 Å². The van der Waals surface area contributed by atoms with Crippen LogP contribution in [-0.4, -0.2) is 57.2 Å². The van der Waals surface area contributed by atoms with Crippen LogP contribution in [0.15, 0.2) is 67.1 Å². The molecular weight excluding hydrogens is 478 g/mol. The van der Waals surface area contributed by atoms with E-state index in [4.69, 9.17) is 5.73 Å². The summed E-state index contributed by atoms with van der Waals surface area (Å²) >= 11 is 0. The smallest absolute Gasteiger partial charge is 0.255 e. The minimum Gasteiger partial charge on any atom is -0.384 e. The van der Waals surface area contributed by atoms with Crippen molar-refractivity contribution in [2.75, 3.05) is 30.7 Å². The number of carbonyl (C=O) groups is 2. The molecule has 9 nitrogen and oxygen atoms in total. The molecule has 1 fully saturated rings. The molecule has 2 aromatic carbocycles. The van der Waals surface area contributed by atoms with Gasteiger partial charge >= 0.3 is 0 Å². The summed E-state index contributed by atoms with van der Waals surface area (Å²) in [6, 6.07) is 15.8. The second-order valence-corrected chi connectivity index (χ2v) is 9.90. The SMILES string of the molecule is Cn1cc(-c2cnc(N)c(C(=O)N[C@@H]3CCN(C(=O)c4ccc(-c5ccc6c(c5)CCN6)cc4)C3)c2)cn1. The average molecular weight is 508 g/mol. The molecule has 0 aliphatic carbocycles. The fourth-order valence-electron chi connectivity index (χ4n) is 5.18. The molecule has 38 heavy (non-hydrogen) atoms. The Morgan fingerprint density at radius 3 is 2.63 bits per heavy atom. The van der Waals surface area contributed by atoms with Crippen molar-refractivity contribution in [1.29, 1.82) is 0 Å². The predicted octanol–water partition coefficient (Wildman–Crippen LogP) is 3.34. The molecule has 0 radical (unpaired) electrons. The third kappa shape index (κ3) is 4.58. The Morgan fingerprint density at radius 2 is 1.84 bits per heavy atom. The number of amides is 2. The quantitative estimate of drug-likeness (QED) is 0.381. The Hall–Kier alpha value is -4.66. The van der Waals surface area contributed by atoms with Crippen LogP contribution in [-0.2, 0) is 13.5 Å². The Morgan fingerprint density at radius 1 is 1.03 bits per heavy atom. The summed E-state index contributed by atoms with van der Waals surface area (Å²) in [6.45, 7) is 2.00. The molecule has 1 saturated heterocycles. The number of likely N-dealkylation sites (tertiary alicyclic amines) is 1. The van der Waals surface area contributed by atoms with Gasteiger partial charge in [-0.2, -0.15) is 5.10 Å². The molecule has 2 aliphatic heterocycles. The first kappa shape index (κ1) is 23.7. The van der Waals surface area contributed by atoms with E-state index in [0.717, 1.165) is 35.2 Å². The second-order valence-electron chi connectivity index (χ2n) is 9.90. The molecule has 2 aromatic heterocycles. The van der Waals surface area contributed by atoms with Crippen molar-refractivity contribution in [2.24, 2.45) is 7.05 Å². The molecule has 1 atom stereocenters. The summed E-state index contributed by atoms with van der Waals surface area (Å²) in [5.74, 6) is -0.166. The van der Waals surface area contributed by atoms with E-state index in [0.29, 0.717) is 30.6 Å². The average Bonchev–Trinajstić information content (AvgIpc) is 3.69. The van der Waals surface area contributed by atoms with E-state index in [9.17, 15) is 9.59 Å². The Kier molecular flexibility index (Phi) is 6.03. The van der Waals surface area contributed by atoms with Gasteiger partial charge in [-0.15, -0.1) is 0 Å². The normalized spacial score (nSPS) is 16.2. The summed E-state index contributed by atoms with van der Waals surface area (Å²) in [6.07, 6.45) is 6.90. The molecule has 0 bridgehead atoms. The Balaban J connectivity index is 1.10. The van der Waals surface area contributed by atoms with Gasteiger partial charge in [-0.05, 0) is 59.9 Å². The molecule has 4 aromatic rings. The van der Waals surface area contributed by atoms with Crippen LogP contribution in [0.3, 0.4) is 0 Å². The molecule has 192 valence electrons. The van der Waals surface area contributed by atoms with Gasteiger partial charge in [-0.3, -0.25) is 14.3 Å². The third-order valence-electron chi connectivity index (χ3n) is 7.29. The highest BCUT2D eigenvalue weighted by Gasteiger charge is 2.29. The number of aromatic nitrogens is 3. The lowest BCUT2D eigenvalue weighted by Crippen LogP contribution is -2.38. The van der Waals surface area contributed by atoms with Gasteiger partial charge in [0.05, 0.1) is 11.8 Å². The summed E-state index contributed by atoms with van der Waals surface area (Å²) < 4.78 is 1.69. The molecule has 0 spiro atoms. The summed E-state index contributed by atoms with van der Waals surface area (Å²) in [7, 11) is 1.83. The van der Waals surface area contributed by atoms with Crippen LogP contribution in [0.1, 0.15) is 32.7 Å². The lowest BCUT2D eigenvalue weighted by Gasteiger charge is -2.18. The van der Waals surface area contributed by atoms with Crippen LogP contribution < -0.4 is 16.4 Å². The Labute approximate surface area is 220 Å². The number of benzene rings is 2. The van der Waals surface area contributed by atoms with Crippen LogP contribution in [0.25, 0.3) is 22.3 Å². The zero-order valence-corrected chi connectivity index (χ0v) is 21.1. The van der Waals surface area contributed by atoms with Crippen molar-refractivity contribution in [3.8, 4) is 22.3 Å². The van der Waals surface area contributed by atoms with Crippen molar-refractivity contribution in [3.63, 3.8) is 0 Å². The zero-order valence-electron chi connectivity index (χ0n) is 21.1. The number of anilines is 2. The number of nitrogens with one attached hydrogen (secondary N) is 2. The summed E-state index contributed by atoms with van der Waals surface area (Å²) in [4.78, 5) is 32.2. The molecule has 6 rings (SSSR count). The molecule has 2 amide bonds. The largest absolute Gasteiger partial charge is 0.384 e. The number of nitrogens with zero attached hydrogens (tertiary/aromatic N) is 4. The number of nitrogens with two attached hydrogens (primary N) is 1. The molecule has 2 aliphatic rings. The minimum atomic E-state index is -0.297. The highest BCUT2D eigenvalue weighted by atomic mass is 16.2. The van der Waals surface area contributed by atoms with Gasteiger partial charge in [-0.1, -0.05) is 18.2 Å². The number of hydrogen-bond donors (Lipinski definition) is 3. The monoisotopic (exact) mass is 507 g/mol. The number of hydrogen-bond acceptors (Lipinski definition) is 6. The Bertz CT molecular complexity index is 1530. The van der Waals surface area contributed by atoms with Crippen molar-refractivity contribution in [1.82, 2.24) is 25.0 Å². The van der Waals surface area contributed by atoms with E-state index >= 15 is 0 Å². The fourth-order valence-corrected chi connectivity index (χ4v) is 5.18. The van der Waals surface area contributed by atoms with Crippen molar-refractivity contribution >= 4 is 23.3 Å². The van der Waals surface area contributed by atoms with Crippen LogP contribution in [0.5, 0.6) is 0 Å². The summed E-state index contributed by atoms with van der Waals surface area (Å²) in [5, 5.41) is 10.6. The fraction of sp³-hybridized carbons (Fsp3) is 0.241. The van der Waals surface area contributed by atoms with Gasteiger partial charge in [0, 0.05) is 67.5 Å². The third-order valence-corrected chi connectivity index (χ3v) is 7.29. The number of aryl methyl sites for hydroxylation is 1. The molecule has 4 N–H and O–H groups in total. The van der Waals surface area contributed by atoms with E-state index in [1.54, 1.807) is 28.0 Å². The van der Waals surface area contributed by atoms with Gasteiger partial charge < -0.3 is 21.3 Å². The van der Waals surface area contributed by atoms with E-state index in [1.165, 1.54) is 11.3 Å². The standard InChI is InChI=1S/C29H29N7O2/c1-35-16-23(15-33-35)22-13-25(27(30)32-14-22)28(37)34-24-9-11-36(17-24)29(38)19-4-2-18(3-5-19)20-6-7-26-21(12-20)8-10-31-26/h2-7,12-16,24,31H,8-11,17H2,1H3,(H2,30,32)(H,34,37)/t24-/m1/s1. The lowest BCUT2D eigenvalue weighted by atomic mass is 10.0. The number of pyridine rings is 1. The van der Waals surface area contributed by atoms with Gasteiger partial charge in [0.15, 0.2) is 0 Å². The minimum absolute atomic E-state index is 0.0359. The number of fused-ring (bicyclic) bond motifs is 1. The van der Waals surface area contributed by atoms with E-state index in [2.05, 4.69) is 38.9 Å². The van der Waals surface area contributed by atoms with Crippen molar-refractivity contribution in [2.45, 2.75) is 18.9 Å². The molecule has 4 heterocycles. The van der Waals surface area contributed by atoms with Crippen LogP contribution in [0.4, 0.5) is 11.5 Å². The first-order chi connectivity index (χ1) is 18.4. The van der Waals surface area contributed by atoms with Gasteiger partial charge in [-0.25, -0.2) is 4.98 Å². The molecule has 0 saturated carbocycles. The van der Waals surface area contributed by atoms with Crippen molar-refractivity contribution in [3.05, 3.63) is 83.8 Å². The molecular formula is C29H29N7O2. The van der Waals surface area contributed by atoms with Crippen LogP contribution in [0, 0.1) is 0 Å². The highest BCUT2D eigenvalue weighted by Crippen LogP contribution is 2.29. The van der Waals surface area contributed by atoms with Gasteiger partial charge in [0.2, 0.25) is 0 Å². The van der Waals surface area contributed by atoms with Gasteiger partial charge in [0.1, 0.15) is 5.82 Å². The van der Waals surface area contributed by atoms with E-state index in [1.807, 2.05) is 37.5 Å². The second kappa shape index (κ2) is 9.66. The highest BCUT2D eigenvalue weighted by molar-refractivity contribution is 6.00. The number of carbonyl (C=O) groups excluding carboxylic acids is 2. The molecule has 0 unspecified atom stereocenters. The molecule has 9 heteroatoms. The summed E-state index contributed by atoms with van der Waals surface area (Å²) in [5.41, 5.74) is 13.4. The number of rotatable bonds is 5. The predicted molar refractivity (Wildman–Crippen MR) is 147 cm³/mol.